The number of hydrogen-bond donors (Lipinski definition) is 3. The summed E-state index contributed by atoms with van der Waals surface area (Å²) >= 11 is 0. The third-order valence-electron chi connectivity index (χ3n) is 4.12. The molecule has 0 spiro atoms. The molecule has 0 saturated carbocycles. The van der Waals surface area contributed by atoms with Crippen molar-refractivity contribution in [3.63, 3.8) is 0 Å². The molecule has 0 atom stereocenters. The molecule has 156 valence electrons. The Morgan fingerprint density at radius 2 is 1.86 bits per heavy atom. The van der Waals surface area contributed by atoms with Crippen LogP contribution in [0.2, 0.25) is 0 Å². The van der Waals surface area contributed by atoms with Gasteiger partial charge in [0.15, 0.2) is 0 Å². The molecule has 6 nitrogen and oxygen atoms in total. The summed E-state index contributed by atoms with van der Waals surface area (Å²) in [6, 6.07) is 14.5. The van der Waals surface area contributed by atoms with Crippen LogP contribution < -0.4 is 20.7 Å². The molecule has 0 aromatic heterocycles. The van der Waals surface area contributed by atoms with E-state index in [4.69, 9.17) is 4.74 Å². The Bertz CT molecular complexity index is 805. The van der Waals surface area contributed by atoms with Gasteiger partial charge in [0, 0.05) is 17.8 Å². The summed E-state index contributed by atoms with van der Waals surface area (Å²) < 4.78 is 5.79. The molecule has 0 heterocycles. The number of benzene rings is 2. The van der Waals surface area contributed by atoms with E-state index in [1.54, 1.807) is 24.3 Å². The fraction of sp³-hybridized carbons (Fsp3) is 0.391. The molecule has 0 aliphatic rings. The number of carbonyl (C=O) groups is 2. The Labute approximate surface area is 173 Å². The number of ether oxygens (including phenoxy) is 1. The van der Waals surface area contributed by atoms with Crippen LogP contribution in [0.15, 0.2) is 48.5 Å². The number of unbranched alkanes of at least 4 members (excludes halogenated alkanes) is 1. The first-order valence-corrected chi connectivity index (χ1v) is 10.1. The quantitative estimate of drug-likeness (QED) is 0.494. The Kier molecular flexibility index (Phi) is 9.02. The van der Waals surface area contributed by atoms with Gasteiger partial charge < -0.3 is 20.7 Å². The Hall–Kier alpha value is -3.02. The van der Waals surface area contributed by atoms with E-state index in [0.717, 1.165) is 24.3 Å². The lowest BCUT2D eigenvalue weighted by atomic mass is 10.2. The Morgan fingerprint density at radius 1 is 1.07 bits per heavy atom. The van der Waals surface area contributed by atoms with Crippen LogP contribution in [-0.4, -0.2) is 31.5 Å². The second kappa shape index (κ2) is 11.7. The zero-order chi connectivity index (χ0) is 21.1. The summed E-state index contributed by atoms with van der Waals surface area (Å²) in [5, 5.41) is 8.81. The van der Waals surface area contributed by atoms with Gasteiger partial charge in [-0.1, -0.05) is 45.4 Å². The predicted molar refractivity (Wildman–Crippen MR) is 118 cm³/mol. The van der Waals surface area contributed by atoms with E-state index in [0.29, 0.717) is 30.3 Å². The molecule has 2 aromatic carbocycles. The van der Waals surface area contributed by atoms with Gasteiger partial charge in [-0.2, -0.15) is 0 Å². The van der Waals surface area contributed by atoms with E-state index in [1.807, 2.05) is 24.3 Å². The van der Waals surface area contributed by atoms with Crippen LogP contribution in [0.3, 0.4) is 0 Å². The lowest BCUT2D eigenvalue weighted by molar-refractivity contribution is -0.114. The van der Waals surface area contributed by atoms with E-state index in [1.165, 1.54) is 0 Å². The summed E-state index contributed by atoms with van der Waals surface area (Å²) in [5.74, 6) is 0.800. The van der Waals surface area contributed by atoms with Crippen LogP contribution in [0.4, 0.5) is 11.4 Å². The first-order valence-electron chi connectivity index (χ1n) is 10.1. The van der Waals surface area contributed by atoms with Gasteiger partial charge >= 0.3 is 0 Å². The lowest BCUT2D eigenvalue weighted by Gasteiger charge is -2.14. The largest absolute Gasteiger partial charge is 0.491 e. The smallest absolute Gasteiger partial charge is 0.251 e. The predicted octanol–water partition coefficient (Wildman–Crippen LogP) is 4.30. The minimum atomic E-state index is -0.202. The molecule has 0 bridgehead atoms. The Balaban J connectivity index is 1.90. The van der Waals surface area contributed by atoms with Gasteiger partial charge in [0.1, 0.15) is 5.75 Å². The van der Waals surface area contributed by atoms with E-state index in [2.05, 4.69) is 36.7 Å². The molecule has 29 heavy (non-hydrogen) atoms. The molecule has 6 heteroatoms. The highest BCUT2D eigenvalue weighted by atomic mass is 16.5. The summed E-state index contributed by atoms with van der Waals surface area (Å²) in [7, 11) is 0. The van der Waals surface area contributed by atoms with E-state index >= 15 is 0 Å². The second-order valence-electron chi connectivity index (χ2n) is 7.29. The van der Waals surface area contributed by atoms with E-state index in [-0.39, 0.29) is 18.4 Å². The highest BCUT2D eigenvalue weighted by Gasteiger charge is 2.09. The standard InChI is InChI=1S/C23H31N3O3/c1-4-5-13-24-23(28)18-9-8-10-19(14-18)26-22(27)15-25-20-11-6-7-12-21(20)29-16-17(2)3/h6-12,14,17,25H,4-5,13,15-16H2,1-3H3,(H,24,28)(H,26,27). The molecule has 0 aliphatic heterocycles. The lowest BCUT2D eigenvalue weighted by Crippen LogP contribution is -2.25. The number of carbonyl (C=O) groups excluding carboxylic acids is 2. The van der Waals surface area contributed by atoms with Crippen molar-refractivity contribution in [2.75, 3.05) is 30.3 Å². The molecular formula is C23H31N3O3. The van der Waals surface area contributed by atoms with Crippen molar-refractivity contribution < 1.29 is 14.3 Å². The molecule has 2 amide bonds. The normalized spacial score (nSPS) is 10.5. The fourth-order valence-electron chi connectivity index (χ4n) is 2.59. The van der Waals surface area contributed by atoms with Gasteiger partial charge in [-0.25, -0.2) is 0 Å². The number of amides is 2. The van der Waals surface area contributed by atoms with Crippen molar-refractivity contribution in [3.8, 4) is 5.75 Å². The number of hydrogen-bond acceptors (Lipinski definition) is 4. The van der Waals surface area contributed by atoms with Crippen molar-refractivity contribution in [2.45, 2.75) is 33.6 Å². The maximum Gasteiger partial charge on any atom is 0.251 e. The van der Waals surface area contributed by atoms with Crippen molar-refractivity contribution >= 4 is 23.2 Å². The number of rotatable bonds is 11. The average molecular weight is 398 g/mol. The van der Waals surface area contributed by atoms with Crippen molar-refractivity contribution in [1.82, 2.24) is 5.32 Å². The molecule has 2 aromatic rings. The fourth-order valence-corrected chi connectivity index (χ4v) is 2.59. The third kappa shape index (κ3) is 7.86. The molecule has 0 aliphatic carbocycles. The maximum atomic E-state index is 12.3. The van der Waals surface area contributed by atoms with Gasteiger partial charge in [0.2, 0.25) is 5.91 Å². The third-order valence-corrected chi connectivity index (χ3v) is 4.12. The summed E-state index contributed by atoms with van der Waals surface area (Å²) in [5.41, 5.74) is 1.89. The van der Waals surface area contributed by atoms with Crippen LogP contribution in [-0.2, 0) is 4.79 Å². The van der Waals surface area contributed by atoms with Gasteiger partial charge in [-0.05, 0) is 42.7 Å². The minimum Gasteiger partial charge on any atom is -0.491 e. The minimum absolute atomic E-state index is 0.0922. The SMILES string of the molecule is CCCCNC(=O)c1cccc(NC(=O)CNc2ccccc2OCC(C)C)c1. The van der Waals surface area contributed by atoms with Crippen molar-refractivity contribution in [1.29, 1.82) is 0 Å². The summed E-state index contributed by atoms with van der Waals surface area (Å²) in [4.78, 5) is 24.5. The second-order valence-corrected chi connectivity index (χ2v) is 7.29. The maximum absolute atomic E-state index is 12.3. The zero-order valence-electron chi connectivity index (χ0n) is 17.5. The first-order chi connectivity index (χ1) is 14.0. The highest BCUT2D eigenvalue weighted by molar-refractivity contribution is 5.98. The molecule has 0 unspecified atom stereocenters. The van der Waals surface area contributed by atoms with Gasteiger partial charge in [0.05, 0.1) is 18.8 Å². The van der Waals surface area contributed by atoms with Gasteiger partial charge in [-0.3, -0.25) is 9.59 Å². The summed E-state index contributed by atoms with van der Waals surface area (Å²) in [6.45, 7) is 7.59. The van der Waals surface area contributed by atoms with Crippen LogP contribution in [0.1, 0.15) is 44.0 Å². The molecule has 0 fully saturated rings. The topological polar surface area (TPSA) is 79.5 Å². The molecule has 2 rings (SSSR count). The van der Waals surface area contributed by atoms with Crippen molar-refractivity contribution in [2.24, 2.45) is 5.92 Å². The molecule has 0 radical (unpaired) electrons. The van der Waals surface area contributed by atoms with Gasteiger partial charge in [0.25, 0.3) is 5.91 Å². The van der Waals surface area contributed by atoms with E-state index < -0.39 is 0 Å². The highest BCUT2D eigenvalue weighted by Crippen LogP contribution is 2.24. The van der Waals surface area contributed by atoms with Crippen LogP contribution in [0.5, 0.6) is 5.75 Å². The summed E-state index contributed by atoms with van der Waals surface area (Å²) in [6.07, 6.45) is 1.96. The Morgan fingerprint density at radius 3 is 2.62 bits per heavy atom. The van der Waals surface area contributed by atoms with Crippen LogP contribution in [0.25, 0.3) is 0 Å². The molecular weight excluding hydrogens is 366 g/mol. The molecule has 3 N–H and O–H groups in total. The molecule has 0 saturated heterocycles. The van der Waals surface area contributed by atoms with Crippen LogP contribution >= 0.6 is 0 Å². The van der Waals surface area contributed by atoms with Crippen LogP contribution in [0, 0.1) is 5.92 Å². The van der Waals surface area contributed by atoms with Gasteiger partial charge in [-0.15, -0.1) is 0 Å². The zero-order valence-corrected chi connectivity index (χ0v) is 17.5. The monoisotopic (exact) mass is 397 g/mol. The number of anilines is 2. The number of para-hydroxylation sites is 2. The number of nitrogens with one attached hydrogen (secondary N) is 3. The van der Waals surface area contributed by atoms with Crippen molar-refractivity contribution in [3.05, 3.63) is 54.1 Å². The van der Waals surface area contributed by atoms with E-state index in [9.17, 15) is 9.59 Å². The first kappa shape index (κ1) is 22.3. The average Bonchev–Trinajstić information content (AvgIpc) is 2.71.